The summed E-state index contributed by atoms with van der Waals surface area (Å²) in [6.45, 7) is 2.72. The summed E-state index contributed by atoms with van der Waals surface area (Å²) in [5, 5.41) is 36.2. The Kier molecular flexibility index (Phi) is 6.41. The summed E-state index contributed by atoms with van der Waals surface area (Å²) in [5.41, 5.74) is 6.89. The van der Waals surface area contributed by atoms with E-state index in [0.717, 1.165) is 0 Å². The van der Waals surface area contributed by atoms with Gasteiger partial charge >= 0.3 is 5.97 Å². The zero-order chi connectivity index (χ0) is 21.0. The standard InChI is InChI=1S/C17H20N4O7/c1-8(13-12(9(2)22)16(24)19-13)15(23)14(20-18)17(25)28-7-10-3-5-11(6-4-10)21(26)27/h3-6,8-9,12-13,18,22-23H,7H2,1-2H3,(H,19,24)/b15-14+,20-18?/t8-,9-,12-,13-/m1/s1. The fourth-order valence-corrected chi connectivity index (χ4v) is 2.90. The van der Waals surface area contributed by atoms with E-state index >= 15 is 0 Å². The van der Waals surface area contributed by atoms with Crippen molar-refractivity contribution in [2.45, 2.75) is 32.6 Å². The Morgan fingerprint density at radius 2 is 2.00 bits per heavy atom. The molecule has 0 saturated carbocycles. The molecule has 1 aliphatic heterocycles. The Morgan fingerprint density at radius 3 is 2.46 bits per heavy atom. The van der Waals surface area contributed by atoms with Crippen molar-refractivity contribution in [2.24, 2.45) is 17.0 Å². The summed E-state index contributed by atoms with van der Waals surface area (Å²) < 4.78 is 5.00. The van der Waals surface area contributed by atoms with Crippen LogP contribution in [-0.2, 0) is 20.9 Å². The van der Waals surface area contributed by atoms with Crippen LogP contribution in [0.1, 0.15) is 19.4 Å². The van der Waals surface area contributed by atoms with Gasteiger partial charge in [-0.3, -0.25) is 14.9 Å². The van der Waals surface area contributed by atoms with Gasteiger partial charge in [0.15, 0.2) is 0 Å². The van der Waals surface area contributed by atoms with Crippen LogP contribution < -0.4 is 5.32 Å². The molecule has 1 aromatic carbocycles. The van der Waals surface area contributed by atoms with Gasteiger partial charge in [0.2, 0.25) is 11.6 Å². The van der Waals surface area contributed by atoms with E-state index < -0.39 is 46.3 Å². The summed E-state index contributed by atoms with van der Waals surface area (Å²) in [6.07, 6.45) is -0.945. The van der Waals surface area contributed by atoms with Crippen molar-refractivity contribution in [1.29, 1.82) is 5.53 Å². The molecule has 0 radical (unpaired) electrons. The first-order valence-electron chi connectivity index (χ1n) is 8.36. The summed E-state index contributed by atoms with van der Waals surface area (Å²) in [5.74, 6) is -3.50. The second-order valence-electron chi connectivity index (χ2n) is 6.43. The minimum absolute atomic E-state index is 0.112. The molecule has 1 heterocycles. The molecule has 1 saturated heterocycles. The smallest absolute Gasteiger partial charge is 0.362 e. The van der Waals surface area contributed by atoms with E-state index in [2.05, 4.69) is 10.4 Å². The highest BCUT2D eigenvalue weighted by Gasteiger charge is 2.47. The highest BCUT2D eigenvalue weighted by molar-refractivity contribution is 5.89. The number of nitrogens with zero attached hydrogens (tertiary/aromatic N) is 2. The number of non-ortho nitro benzene ring substituents is 1. The van der Waals surface area contributed by atoms with Crippen LogP contribution >= 0.6 is 0 Å². The predicted molar refractivity (Wildman–Crippen MR) is 94.0 cm³/mol. The summed E-state index contributed by atoms with van der Waals surface area (Å²) in [4.78, 5) is 33.8. The Labute approximate surface area is 159 Å². The van der Waals surface area contributed by atoms with E-state index in [1.54, 1.807) is 0 Å². The number of carbonyl (C=O) groups is 2. The maximum Gasteiger partial charge on any atom is 0.362 e. The molecular weight excluding hydrogens is 372 g/mol. The summed E-state index contributed by atoms with van der Waals surface area (Å²) >= 11 is 0. The number of β-lactam (4-membered cyclic amide) rings is 1. The van der Waals surface area contributed by atoms with E-state index in [-0.39, 0.29) is 18.2 Å². The number of aliphatic hydroxyl groups excluding tert-OH is 2. The van der Waals surface area contributed by atoms with E-state index in [1.807, 2.05) is 0 Å². The van der Waals surface area contributed by atoms with Gasteiger partial charge in [-0.05, 0) is 24.6 Å². The lowest BCUT2D eigenvalue weighted by Gasteiger charge is -2.41. The second-order valence-corrected chi connectivity index (χ2v) is 6.43. The number of hydrogen-bond donors (Lipinski definition) is 4. The number of benzene rings is 1. The molecule has 2 rings (SSSR count). The number of nitrogens with one attached hydrogen (secondary N) is 2. The van der Waals surface area contributed by atoms with Crippen LogP contribution in [0.25, 0.3) is 0 Å². The molecule has 0 spiro atoms. The van der Waals surface area contributed by atoms with Gasteiger partial charge in [-0.15, -0.1) is 5.11 Å². The fourth-order valence-electron chi connectivity index (χ4n) is 2.90. The normalized spacial score (nSPS) is 21.5. The third-order valence-corrected chi connectivity index (χ3v) is 4.55. The van der Waals surface area contributed by atoms with Crippen LogP contribution in [0.4, 0.5) is 5.69 Å². The molecule has 4 N–H and O–H groups in total. The van der Waals surface area contributed by atoms with Crippen molar-refractivity contribution in [3.8, 4) is 0 Å². The van der Waals surface area contributed by atoms with Crippen LogP contribution in [0.2, 0.25) is 0 Å². The third kappa shape index (κ3) is 4.31. The maximum atomic E-state index is 12.2. The largest absolute Gasteiger partial charge is 0.509 e. The molecule has 1 fully saturated rings. The van der Waals surface area contributed by atoms with E-state index in [1.165, 1.54) is 38.1 Å². The molecule has 150 valence electrons. The van der Waals surface area contributed by atoms with Gasteiger partial charge in [-0.2, -0.15) is 0 Å². The molecular formula is C17H20N4O7. The molecule has 4 atom stereocenters. The van der Waals surface area contributed by atoms with Crippen molar-refractivity contribution in [3.63, 3.8) is 0 Å². The lowest BCUT2D eigenvalue weighted by Crippen LogP contribution is -2.64. The van der Waals surface area contributed by atoms with Crippen LogP contribution in [-0.4, -0.2) is 39.2 Å². The number of hydrogen-bond acceptors (Lipinski definition) is 9. The lowest BCUT2D eigenvalue weighted by atomic mass is 9.78. The number of ether oxygens (including phenoxy) is 1. The fraction of sp³-hybridized carbons (Fsp3) is 0.412. The van der Waals surface area contributed by atoms with Crippen molar-refractivity contribution >= 4 is 17.6 Å². The van der Waals surface area contributed by atoms with Gasteiger partial charge in [0.05, 0.1) is 23.0 Å². The Hall–Kier alpha value is -3.34. The number of aliphatic hydroxyl groups is 2. The van der Waals surface area contributed by atoms with Crippen LogP contribution in [0, 0.1) is 27.5 Å². The van der Waals surface area contributed by atoms with E-state index in [9.17, 15) is 29.9 Å². The maximum absolute atomic E-state index is 12.2. The highest BCUT2D eigenvalue weighted by Crippen LogP contribution is 2.30. The molecule has 11 heteroatoms. The molecule has 1 aromatic rings. The Morgan fingerprint density at radius 1 is 1.39 bits per heavy atom. The zero-order valence-corrected chi connectivity index (χ0v) is 15.2. The lowest BCUT2D eigenvalue weighted by molar-refractivity contribution is -0.384. The van der Waals surface area contributed by atoms with Gasteiger partial charge in [0.25, 0.3) is 5.69 Å². The highest BCUT2D eigenvalue weighted by atomic mass is 16.6. The molecule has 28 heavy (non-hydrogen) atoms. The average Bonchev–Trinajstić information content (AvgIpc) is 2.63. The van der Waals surface area contributed by atoms with Crippen molar-refractivity contribution in [3.05, 3.63) is 51.4 Å². The van der Waals surface area contributed by atoms with Gasteiger partial charge in [0, 0.05) is 18.1 Å². The number of carbonyl (C=O) groups excluding carboxylic acids is 2. The minimum atomic E-state index is -1.06. The number of nitro benzene ring substituents is 1. The molecule has 0 aromatic heterocycles. The SMILES string of the molecule is C[C@@H](O)[C@H]1C(=O)N[C@@H]1[C@@H](C)/C(O)=C(\N=N)C(=O)OCc1ccc([N+](=O)[O-])cc1. The van der Waals surface area contributed by atoms with E-state index in [4.69, 9.17) is 10.3 Å². The molecule has 1 aliphatic rings. The third-order valence-electron chi connectivity index (χ3n) is 4.55. The topological polar surface area (TPSA) is 175 Å². The number of amides is 1. The Balaban J connectivity index is 2.07. The van der Waals surface area contributed by atoms with Crippen LogP contribution in [0.3, 0.4) is 0 Å². The second kappa shape index (κ2) is 8.57. The van der Waals surface area contributed by atoms with Crippen LogP contribution in [0.5, 0.6) is 0 Å². The molecule has 1 amide bonds. The van der Waals surface area contributed by atoms with E-state index in [0.29, 0.717) is 5.56 Å². The molecule has 0 aliphatic carbocycles. The number of rotatable bonds is 8. The summed E-state index contributed by atoms with van der Waals surface area (Å²) in [6, 6.07) is 4.71. The first-order chi connectivity index (χ1) is 13.2. The van der Waals surface area contributed by atoms with Gasteiger partial charge in [-0.1, -0.05) is 6.92 Å². The Bertz CT molecular complexity index is 819. The van der Waals surface area contributed by atoms with Gasteiger partial charge in [0.1, 0.15) is 12.4 Å². The minimum Gasteiger partial charge on any atom is -0.509 e. The average molecular weight is 392 g/mol. The van der Waals surface area contributed by atoms with Gasteiger partial charge < -0.3 is 20.3 Å². The first-order valence-corrected chi connectivity index (χ1v) is 8.36. The number of esters is 1. The van der Waals surface area contributed by atoms with Gasteiger partial charge in [-0.25, -0.2) is 10.3 Å². The van der Waals surface area contributed by atoms with Crippen LogP contribution in [0.15, 0.2) is 40.8 Å². The predicted octanol–water partition coefficient (Wildman–Crippen LogP) is 1.57. The molecule has 0 unspecified atom stereocenters. The molecule has 0 bridgehead atoms. The zero-order valence-electron chi connectivity index (χ0n) is 15.2. The monoisotopic (exact) mass is 392 g/mol. The van der Waals surface area contributed by atoms with Crippen molar-refractivity contribution < 1.29 is 29.5 Å². The quantitative estimate of drug-likeness (QED) is 0.0987. The van der Waals surface area contributed by atoms with Crippen molar-refractivity contribution in [1.82, 2.24) is 5.32 Å². The molecule has 11 nitrogen and oxygen atoms in total. The first kappa shape index (κ1) is 21.0. The van der Waals surface area contributed by atoms with Crippen molar-refractivity contribution in [2.75, 3.05) is 0 Å². The number of nitro groups is 1. The summed E-state index contributed by atoms with van der Waals surface area (Å²) in [7, 11) is 0.